The molecule has 2 N–H and O–H groups in total. The number of carbonyl (C=O) groups excluding carboxylic acids is 1. The molecule has 0 aromatic rings. The molecule has 1 heterocycles. The lowest BCUT2D eigenvalue weighted by atomic mass is 10.0. The Labute approximate surface area is 116 Å². The molecule has 0 aliphatic carbocycles. The third kappa shape index (κ3) is 5.88. The molecule has 1 atom stereocenters. The van der Waals surface area contributed by atoms with Crippen LogP contribution in [-0.2, 0) is 14.8 Å². The number of rotatable bonds is 6. The third-order valence-corrected chi connectivity index (χ3v) is 4.15. The molecule has 1 aliphatic rings. The first-order valence-electron chi connectivity index (χ1n) is 6.82. The molecule has 0 spiro atoms. The molecule has 6 nitrogen and oxygen atoms in total. The van der Waals surface area contributed by atoms with Crippen LogP contribution in [-0.4, -0.2) is 57.2 Å². The van der Waals surface area contributed by atoms with E-state index in [1.165, 1.54) is 6.26 Å². The summed E-state index contributed by atoms with van der Waals surface area (Å²) in [5.41, 5.74) is 0. The van der Waals surface area contributed by atoms with E-state index < -0.39 is 10.0 Å². The number of carbonyl (C=O) groups is 1. The summed E-state index contributed by atoms with van der Waals surface area (Å²) in [7, 11) is -3.14. The van der Waals surface area contributed by atoms with Gasteiger partial charge in [0.15, 0.2) is 0 Å². The number of sulfonamides is 1. The van der Waals surface area contributed by atoms with Crippen LogP contribution in [0.15, 0.2) is 0 Å². The summed E-state index contributed by atoms with van der Waals surface area (Å²) >= 11 is 0. The van der Waals surface area contributed by atoms with Gasteiger partial charge in [0.05, 0.1) is 12.3 Å². The average Bonchev–Trinajstić information content (AvgIpc) is 2.34. The molecule has 0 aromatic heterocycles. The molecule has 1 aliphatic heterocycles. The van der Waals surface area contributed by atoms with E-state index in [1.54, 1.807) is 0 Å². The van der Waals surface area contributed by atoms with Crippen molar-refractivity contribution in [1.29, 1.82) is 0 Å². The normalized spacial score (nSPS) is 20.2. The second-order valence-corrected chi connectivity index (χ2v) is 6.95. The molecule has 1 saturated heterocycles. The summed E-state index contributed by atoms with van der Waals surface area (Å²) in [6.45, 7) is 6.11. The first-order valence-corrected chi connectivity index (χ1v) is 8.71. The summed E-state index contributed by atoms with van der Waals surface area (Å²) in [4.78, 5) is 13.9. The van der Waals surface area contributed by atoms with Crippen molar-refractivity contribution in [1.82, 2.24) is 14.9 Å². The smallest absolute Gasteiger partial charge is 0.237 e. The minimum Gasteiger partial charge on any atom is -0.355 e. The van der Waals surface area contributed by atoms with Crippen molar-refractivity contribution in [2.75, 3.05) is 25.9 Å². The van der Waals surface area contributed by atoms with Crippen LogP contribution >= 0.6 is 0 Å². The summed E-state index contributed by atoms with van der Waals surface area (Å²) < 4.78 is 24.9. The van der Waals surface area contributed by atoms with Gasteiger partial charge in [0.2, 0.25) is 15.9 Å². The van der Waals surface area contributed by atoms with Gasteiger partial charge in [-0.15, -0.1) is 0 Å². The topological polar surface area (TPSA) is 78.5 Å². The van der Waals surface area contributed by atoms with Gasteiger partial charge in [0.25, 0.3) is 0 Å². The van der Waals surface area contributed by atoms with E-state index in [-0.39, 0.29) is 18.0 Å². The minimum atomic E-state index is -3.14. The van der Waals surface area contributed by atoms with E-state index in [9.17, 15) is 13.2 Å². The maximum atomic E-state index is 11.8. The van der Waals surface area contributed by atoms with Crippen LogP contribution in [0.1, 0.15) is 33.1 Å². The largest absolute Gasteiger partial charge is 0.355 e. The monoisotopic (exact) mass is 291 g/mol. The molecular weight excluding hydrogens is 266 g/mol. The van der Waals surface area contributed by atoms with E-state index in [4.69, 9.17) is 0 Å². The zero-order valence-corrected chi connectivity index (χ0v) is 12.8. The molecule has 0 aromatic carbocycles. The summed E-state index contributed by atoms with van der Waals surface area (Å²) in [5, 5.41) is 2.89. The van der Waals surface area contributed by atoms with Crippen LogP contribution in [0.25, 0.3) is 0 Å². The Bertz CT molecular complexity index is 389. The number of hydrogen-bond acceptors (Lipinski definition) is 4. The van der Waals surface area contributed by atoms with Crippen LogP contribution < -0.4 is 10.0 Å². The first-order chi connectivity index (χ1) is 8.83. The Morgan fingerprint density at radius 3 is 2.42 bits per heavy atom. The van der Waals surface area contributed by atoms with Crippen molar-refractivity contribution >= 4 is 15.9 Å². The Morgan fingerprint density at radius 1 is 1.37 bits per heavy atom. The second kappa shape index (κ2) is 7.21. The molecule has 19 heavy (non-hydrogen) atoms. The lowest BCUT2D eigenvalue weighted by Gasteiger charge is -2.35. The Hall–Kier alpha value is -0.660. The van der Waals surface area contributed by atoms with E-state index >= 15 is 0 Å². The lowest BCUT2D eigenvalue weighted by molar-refractivity contribution is -0.126. The van der Waals surface area contributed by atoms with E-state index in [1.807, 2.05) is 13.8 Å². The fourth-order valence-electron chi connectivity index (χ4n) is 2.27. The van der Waals surface area contributed by atoms with E-state index in [0.29, 0.717) is 6.54 Å². The van der Waals surface area contributed by atoms with Crippen LogP contribution in [0.5, 0.6) is 0 Å². The van der Waals surface area contributed by atoms with E-state index in [2.05, 4.69) is 14.9 Å². The Morgan fingerprint density at radius 2 is 1.95 bits per heavy atom. The van der Waals surface area contributed by atoms with Crippen molar-refractivity contribution in [3.05, 3.63) is 0 Å². The highest BCUT2D eigenvalue weighted by Crippen LogP contribution is 2.13. The van der Waals surface area contributed by atoms with Gasteiger partial charge < -0.3 is 5.32 Å². The molecule has 1 fully saturated rings. The van der Waals surface area contributed by atoms with Crippen molar-refractivity contribution in [3.63, 3.8) is 0 Å². The van der Waals surface area contributed by atoms with Crippen molar-refractivity contribution in [3.8, 4) is 0 Å². The zero-order valence-electron chi connectivity index (χ0n) is 12.0. The summed E-state index contributed by atoms with van der Waals surface area (Å²) in [6, 6.07) is -0.150. The van der Waals surface area contributed by atoms with Gasteiger partial charge in [0, 0.05) is 25.7 Å². The fraction of sp³-hybridized carbons (Fsp3) is 0.917. The maximum Gasteiger partial charge on any atom is 0.237 e. The molecule has 0 radical (unpaired) electrons. The molecule has 0 bridgehead atoms. The molecule has 0 saturated carbocycles. The van der Waals surface area contributed by atoms with Crippen molar-refractivity contribution in [2.24, 2.45) is 0 Å². The van der Waals surface area contributed by atoms with Gasteiger partial charge in [-0.05, 0) is 26.2 Å². The Kier molecular flexibility index (Phi) is 6.22. The molecule has 1 unspecified atom stereocenters. The molecule has 7 heteroatoms. The second-order valence-electron chi connectivity index (χ2n) is 5.17. The predicted molar refractivity (Wildman–Crippen MR) is 75.3 cm³/mol. The number of amides is 1. The number of hydrogen-bond donors (Lipinski definition) is 2. The molecule has 1 rings (SSSR count). The van der Waals surface area contributed by atoms with Gasteiger partial charge >= 0.3 is 0 Å². The molecule has 112 valence electrons. The first kappa shape index (κ1) is 16.4. The fourth-order valence-corrected chi connectivity index (χ4v) is 3.11. The summed E-state index contributed by atoms with van der Waals surface area (Å²) in [5.74, 6) is 0.0522. The molecule has 1 amide bonds. The highest BCUT2D eigenvalue weighted by Gasteiger charge is 2.27. The number of nitrogens with one attached hydrogen (secondary N) is 2. The summed E-state index contributed by atoms with van der Waals surface area (Å²) in [6.07, 6.45) is 3.61. The lowest BCUT2D eigenvalue weighted by Crippen LogP contribution is -2.51. The average molecular weight is 291 g/mol. The van der Waals surface area contributed by atoms with Crippen LogP contribution in [0, 0.1) is 0 Å². The highest BCUT2D eigenvalue weighted by molar-refractivity contribution is 7.88. The van der Waals surface area contributed by atoms with Gasteiger partial charge in [-0.3, -0.25) is 9.69 Å². The SMILES string of the molecule is CCCNC(=O)C(C)N1CCC(NS(C)(=O)=O)CC1. The van der Waals surface area contributed by atoms with Crippen LogP contribution in [0.4, 0.5) is 0 Å². The predicted octanol–water partition coefficient (Wildman–Crippen LogP) is -0.0853. The van der Waals surface area contributed by atoms with Crippen molar-refractivity contribution < 1.29 is 13.2 Å². The van der Waals surface area contributed by atoms with Crippen LogP contribution in [0.2, 0.25) is 0 Å². The third-order valence-electron chi connectivity index (χ3n) is 3.39. The van der Waals surface area contributed by atoms with Gasteiger partial charge in [0.1, 0.15) is 0 Å². The van der Waals surface area contributed by atoms with E-state index in [0.717, 1.165) is 32.4 Å². The van der Waals surface area contributed by atoms with Crippen molar-refractivity contribution in [2.45, 2.75) is 45.2 Å². The van der Waals surface area contributed by atoms with Crippen LogP contribution in [0.3, 0.4) is 0 Å². The zero-order chi connectivity index (χ0) is 14.5. The maximum absolute atomic E-state index is 11.8. The Balaban J connectivity index is 2.38. The van der Waals surface area contributed by atoms with Gasteiger partial charge in [-0.1, -0.05) is 6.92 Å². The quantitative estimate of drug-likeness (QED) is 0.717. The highest BCUT2D eigenvalue weighted by atomic mass is 32.2. The number of piperidine rings is 1. The molecular formula is C12H25N3O3S. The number of nitrogens with zero attached hydrogens (tertiary/aromatic N) is 1. The number of likely N-dealkylation sites (tertiary alicyclic amines) is 1. The van der Waals surface area contributed by atoms with Gasteiger partial charge in [-0.2, -0.15) is 0 Å². The van der Waals surface area contributed by atoms with Gasteiger partial charge in [-0.25, -0.2) is 13.1 Å². The minimum absolute atomic E-state index is 0.00264. The standard InChI is InChI=1S/C12H25N3O3S/c1-4-7-13-12(16)10(2)15-8-5-11(6-9-15)14-19(3,17)18/h10-11,14H,4-9H2,1-3H3,(H,13,16).